The number of pyridine rings is 1. The Morgan fingerprint density at radius 3 is 2.52 bits per heavy atom. The van der Waals surface area contributed by atoms with Gasteiger partial charge in [-0.15, -0.1) is 0 Å². The summed E-state index contributed by atoms with van der Waals surface area (Å²) < 4.78 is 8.18. The van der Waals surface area contributed by atoms with Gasteiger partial charge in [0.1, 0.15) is 11.6 Å². The Bertz CT molecular complexity index is 1530. The van der Waals surface area contributed by atoms with Crippen molar-refractivity contribution in [3.63, 3.8) is 0 Å². The molecule has 2 amide bonds. The molecule has 2 aromatic carbocycles. The maximum absolute atomic E-state index is 13.7. The van der Waals surface area contributed by atoms with E-state index < -0.39 is 0 Å². The molecule has 0 fully saturated rings. The normalized spacial score (nSPS) is 14.5. The van der Waals surface area contributed by atoms with Crippen molar-refractivity contribution in [3.8, 4) is 5.75 Å². The van der Waals surface area contributed by atoms with E-state index in [1.54, 1.807) is 6.20 Å². The first-order valence-electron chi connectivity index (χ1n) is 14.8. The van der Waals surface area contributed by atoms with Crippen molar-refractivity contribution in [2.24, 2.45) is 13.0 Å². The number of anilines is 2. The molecule has 8 nitrogen and oxygen atoms in total. The molecule has 4 aromatic rings. The Hall–Kier alpha value is -4.33. The van der Waals surface area contributed by atoms with Crippen molar-refractivity contribution in [1.82, 2.24) is 14.5 Å². The lowest BCUT2D eigenvalue weighted by atomic mass is 10.1. The van der Waals surface area contributed by atoms with E-state index in [0.717, 1.165) is 40.9 Å². The molecule has 0 N–H and O–H groups in total. The average Bonchev–Trinajstić information content (AvgIpc) is 3.25. The summed E-state index contributed by atoms with van der Waals surface area (Å²) in [5.74, 6) is 1.79. The molecule has 0 radical (unpaired) electrons. The molecule has 0 aliphatic carbocycles. The summed E-state index contributed by atoms with van der Waals surface area (Å²) >= 11 is 0. The number of ether oxygens (including phenoxy) is 1. The van der Waals surface area contributed by atoms with E-state index in [1.165, 1.54) is 5.69 Å². The molecule has 1 aliphatic heterocycles. The van der Waals surface area contributed by atoms with Crippen molar-refractivity contribution in [1.29, 1.82) is 0 Å². The highest BCUT2D eigenvalue weighted by Crippen LogP contribution is 2.27. The van der Waals surface area contributed by atoms with Crippen LogP contribution in [0.5, 0.6) is 5.75 Å². The fourth-order valence-electron chi connectivity index (χ4n) is 5.58. The lowest BCUT2D eigenvalue weighted by molar-refractivity contribution is -0.133. The molecule has 42 heavy (non-hydrogen) atoms. The molecule has 0 saturated carbocycles. The first-order chi connectivity index (χ1) is 20.3. The van der Waals surface area contributed by atoms with E-state index >= 15 is 0 Å². The number of hydrogen-bond acceptors (Lipinski definition) is 5. The zero-order valence-corrected chi connectivity index (χ0v) is 25.1. The third-order valence-corrected chi connectivity index (χ3v) is 7.92. The third-order valence-electron chi connectivity index (χ3n) is 7.92. The number of amides is 2. The largest absolute Gasteiger partial charge is 0.484 e. The van der Waals surface area contributed by atoms with Gasteiger partial charge in [-0.2, -0.15) is 0 Å². The summed E-state index contributed by atoms with van der Waals surface area (Å²) in [4.78, 5) is 37.7. The summed E-state index contributed by atoms with van der Waals surface area (Å²) in [5.41, 5.74) is 4.12. The van der Waals surface area contributed by atoms with Gasteiger partial charge in [0.05, 0.1) is 0 Å². The number of fused-ring (bicyclic) bond motifs is 2. The molecule has 0 spiro atoms. The molecule has 220 valence electrons. The van der Waals surface area contributed by atoms with Crippen molar-refractivity contribution in [2.45, 2.75) is 40.2 Å². The maximum atomic E-state index is 13.7. The number of nitrogens with zero attached hydrogens (tertiary/aromatic N) is 5. The van der Waals surface area contributed by atoms with Gasteiger partial charge in [-0.3, -0.25) is 9.59 Å². The van der Waals surface area contributed by atoms with Crippen molar-refractivity contribution in [3.05, 3.63) is 84.2 Å². The number of rotatable bonds is 6. The maximum Gasteiger partial charge on any atom is 0.260 e. The predicted molar refractivity (Wildman–Crippen MR) is 168 cm³/mol. The van der Waals surface area contributed by atoms with Crippen LogP contribution in [0.1, 0.15) is 37.9 Å². The third kappa shape index (κ3) is 6.75. The van der Waals surface area contributed by atoms with Crippen LogP contribution in [0.25, 0.3) is 10.9 Å². The second-order valence-electron chi connectivity index (χ2n) is 11.5. The van der Waals surface area contributed by atoms with Crippen LogP contribution in [-0.4, -0.2) is 59.1 Å². The highest BCUT2D eigenvalue weighted by atomic mass is 16.5. The van der Waals surface area contributed by atoms with Gasteiger partial charge >= 0.3 is 0 Å². The molecule has 0 saturated heterocycles. The minimum atomic E-state index is -0.102. The van der Waals surface area contributed by atoms with E-state index in [0.29, 0.717) is 38.3 Å². The number of aryl methyl sites for hydroxylation is 2. The van der Waals surface area contributed by atoms with Gasteiger partial charge in [0.15, 0.2) is 6.61 Å². The van der Waals surface area contributed by atoms with Gasteiger partial charge in [0.2, 0.25) is 5.91 Å². The van der Waals surface area contributed by atoms with Crippen molar-refractivity contribution >= 4 is 34.2 Å². The lowest BCUT2D eigenvalue weighted by Gasteiger charge is -2.28. The van der Waals surface area contributed by atoms with Gasteiger partial charge in [-0.05, 0) is 67.3 Å². The standard InChI is InChI=1S/C34H41N5O3/c1-25(2)20-33(40)39-17-9-16-37(32-12-7-8-15-35-32)18-19-38(23-27-10-5-6-11-31(27)39)34(41)24-42-29-13-14-30-28(22-29)21-26(3)36(30)4/h5-8,10-15,21-22,25H,9,16-20,23-24H2,1-4H3. The van der Waals surface area contributed by atoms with E-state index in [-0.39, 0.29) is 24.3 Å². The van der Waals surface area contributed by atoms with Crippen LogP contribution >= 0.6 is 0 Å². The highest BCUT2D eigenvalue weighted by molar-refractivity contribution is 5.94. The Morgan fingerprint density at radius 2 is 1.74 bits per heavy atom. The molecule has 2 aromatic heterocycles. The van der Waals surface area contributed by atoms with Gasteiger partial charge in [0.25, 0.3) is 5.91 Å². The highest BCUT2D eigenvalue weighted by Gasteiger charge is 2.24. The van der Waals surface area contributed by atoms with Crippen molar-refractivity contribution in [2.75, 3.05) is 42.6 Å². The zero-order valence-electron chi connectivity index (χ0n) is 25.1. The van der Waals surface area contributed by atoms with Crippen LogP contribution in [0.4, 0.5) is 11.5 Å². The smallest absolute Gasteiger partial charge is 0.260 e. The Kier molecular flexibility index (Phi) is 9.10. The molecule has 0 atom stereocenters. The topological polar surface area (TPSA) is 70.9 Å². The fourth-order valence-corrected chi connectivity index (χ4v) is 5.58. The first kappa shape index (κ1) is 29.2. The summed E-state index contributed by atoms with van der Waals surface area (Å²) in [6.45, 7) is 8.97. The Balaban J connectivity index is 1.41. The summed E-state index contributed by atoms with van der Waals surface area (Å²) in [6.07, 6.45) is 3.05. The SMILES string of the molecule is Cc1cc2cc(OCC(=O)N3CCN(c4ccccn4)CCCN(C(=O)CC(C)C)c4ccccc4C3)ccc2n1C. The van der Waals surface area contributed by atoms with Crippen LogP contribution in [0.15, 0.2) is 72.9 Å². The predicted octanol–water partition coefficient (Wildman–Crippen LogP) is 5.58. The van der Waals surface area contributed by atoms with Crippen LogP contribution in [0.3, 0.4) is 0 Å². The number of para-hydroxylation sites is 1. The minimum absolute atomic E-state index is 0.0704. The van der Waals surface area contributed by atoms with Gasteiger partial charge < -0.3 is 24.0 Å². The average molecular weight is 568 g/mol. The summed E-state index contributed by atoms with van der Waals surface area (Å²) in [5, 5.41) is 1.08. The first-order valence-corrected chi connectivity index (χ1v) is 14.8. The summed E-state index contributed by atoms with van der Waals surface area (Å²) in [7, 11) is 2.04. The Labute approximate surface area is 248 Å². The minimum Gasteiger partial charge on any atom is -0.484 e. The summed E-state index contributed by atoms with van der Waals surface area (Å²) in [6, 6.07) is 21.9. The number of benzene rings is 2. The second kappa shape index (κ2) is 13.1. The van der Waals surface area contributed by atoms with Gasteiger partial charge in [-0.1, -0.05) is 38.1 Å². The lowest BCUT2D eigenvalue weighted by Crippen LogP contribution is -2.41. The molecular formula is C34H41N5O3. The number of carbonyl (C=O) groups is 2. The molecule has 0 unspecified atom stereocenters. The van der Waals surface area contributed by atoms with E-state index in [1.807, 2.05) is 77.5 Å². The quantitative estimate of drug-likeness (QED) is 0.304. The monoisotopic (exact) mass is 567 g/mol. The molecule has 3 heterocycles. The van der Waals surface area contributed by atoms with Crippen molar-refractivity contribution < 1.29 is 14.3 Å². The van der Waals surface area contributed by atoms with Crippen LogP contribution in [0, 0.1) is 12.8 Å². The fraction of sp³-hybridized carbons (Fsp3) is 0.382. The van der Waals surface area contributed by atoms with Crippen LogP contribution < -0.4 is 14.5 Å². The molecule has 1 aliphatic rings. The van der Waals surface area contributed by atoms with Crippen LogP contribution in [0.2, 0.25) is 0 Å². The molecular weight excluding hydrogens is 526 g/mol. The number of aromatic nitrogens is 2. The second-order valence-corrected chi connectivity index (χ2v) is 11.5. The van der Waals surface area contributed by atoms with E-state index in [9.17, 15) is 9.59 Å². The van der Waals surface area contributed by atoms with Gasteiger partial charge in [-0.25, -0.2) is 4.98 Å². The number of hydrogen-bond donors (Lipinski definition) is 0. The Morgan fingerprint density at radius 1 is 0.929 bits per heavy atom. The molecule has 8 heteroatoms. The van der Waals surface area contributed by atoms with E-state index in [2.05, 4.69) is 41.3 Å². The molecule has 5 rings (SSSR count). The van der Waals surface area contributed by atoms with Gasteiger partial charge in [0, 0.05) is 74.7 Å². The number of carbonyl (C=O) groups excluding carboxylic acids is 2. The van der Waals surface area contributed by atoms with E-state index in [4.69, 9.17) is 4.74 Å². The zero-order chi connectivity index (χ0) is 29.6. The molecule has 0 bridgehead atoms. The van der Waals surface area contributed by atoms with Crippen LogP contribution in [-0.2, 0) is 23.2 Å².